The van der Waals surface area contributed by atoms with Crippen LogP contribution in [0.2, 0.25) is 0 Å². The molecule has 1 aliphatic rings. The minimum atomic E-state index is -4.97. The van der Waals surface area contributed by atoms with Gasteiger partial charge in [-0.15, -0.1) is 11.3 Å². The fourth-order valence-corrected chi connectivity index (χ4v) is 3.30. The zero-order chi connectivity index (χ0) is 18.9. The van der Waals surface area contributed by atoms with Crippen LogP contribution in [0, 0.1) is 0 Å². The van der Waals surface area contributed by atoms with Gasteiger partial charge < -0.3 is 10.1 Å². The van der Waals surface area contributed by atoms with Gasteiger partial charge in [-0.2, -0.15) is 13.2 Å². The maximum absolute atomic E-state index is 12.3. The summed E-state index contributed by atoms with van der Waals surface area (Å²) in [5.74, 6) is -1.60. The number of halogens is 3. The molecule has 1 atom stereocenters. The lowest BCUT2D eigenvalue weighted by atomic mass is 9.97. The molecule has 1 aliphatic heterocycles. The van der Waals surface area contributed by atoms with Crippen LogP contribution in [0.3, 0.4) is 0 Å². The SMILES string of the molecule is CC(=O)NC1CCOc2ccc(-c3csc(NC(=O)C(F)(F)F)n3)cc21. The highest BCUT2D eigenvalue weighted by Gasteiger charge is 2.39. The smallest absolute Gasteiger partial charge is 0.471 e. The molecule has 2 N–H and O–H groups in total. The first-order valence-electron chi connectivity index (χ1n) is 7.62. The molecule has 138 valence electrons. The maximum atomic E-state index is 12.3. The molecule has 6 nitrogen and oxygen atoms in total. The molecule has 0 saturated heterocycles. The van der Waals surface area contributed by atoms with E-state index in [1.54, 1.807) is 28.9 Å². The Morgan fingerprint density at radius 3 is 2.81 bits per heavy atom. The summed E-state index contributed by atoms with van der Waals surface area (Å²) in [6.45, 7) is 1.90. The number of alkyl halides is 3. The number of benzene rings is 1. The van der Waals surface area contributed by atoms with Crippen molar-refractivity contribution in [2.75, 3.05) is 11.9 Å². The Morgan fingerprint density at radius 2 is 2.12 bits per heavy atom. The summed E-state index contributed by atoms with van der Waals surface area (Å²) in [6.07, 6.45) is -4.36. The molecule has 1 unspecified atom stereocenters. The minimum Gasteiger partial charge on any atom is -0.493 e. The molecule has 0 saturated carbocycles. The average Bonchev–Trinajstić information content (AvgIpc) is 3.02. The number of carbonyl (C=O) groups excluding carboxylic acids is 2. The van der Waals surface area contributed by atoms with E-state index in [-0.39, 0.29) is 17.1 Å². The quantitative estimate of drug-likeness (QED) is 0.850. The van der Waals surface area contributed by atoms with Crippen molar-refractivity contribution < 1.29 is 27.5 Å². The van der Waals surface area contributed by atoms with E-state index in [1.165, 1.54) is 6.92 Å². The third-order valence-corrected chi connectivity index (χ3v) is 4.46. The number of aromatic nitrogens is 1. The molecule has 0 aliphatic carbocycles. The first-order chi connectivity index (χ1) is 12.2. The van der Waals surface area contributed by atoms with Crippen molar-refractivity contribution in [3.8, 4) is 17.0 Å². The van der Waals surface area contributed by atoms with Crippen molar-refractivity contribution in [1.82, 2.24) is 10.3 Å². The zero-order valence-corrected chi connectivity index (χ0v) is 14.3. The number of hydrogen-bond acceptors (Lipinski definition) is 5. The molecule has 2 heterocycles. The summed E-state index contributed by atoms with van der Waals surface area (Å²) < 4.78 is 42.5. The second-order valence-electron chi connectivity index (χ2n) is 5.63. The molecular weight excluding hydrogens is 371 g/mol. The topological polar surface area (TPSA) is 80.3 Å². The Hall–Kier alpha value is -2.62. The Morgan fingerprint density at radius 1 is 1.35 bits per heavy atom. The predicted octanol–water partition coefficient (Wildman–Crippen LogP) is 3.27. The van der Waals surface area contributed by atoms with Gasteiger partial charge >= 0.3 is 12.1 Å². The normalized spacial score (nSPS) is 16.4. The zero-order valence-electron chi connectivity index (χ0n) is 13.5. The number of fused-ring (bicyclic) bond motifs is 1. The minimum absolute atomic E-state index is 0.144. The van der Waals surface area contributed by atoms with Crippen LogP contribution in [0.4, 0.5) is 18.3 Å². The lowest BCUT2D eigenvalue weighted by Gasteiger charge is -2.26. The number of carbonyl (C=O) groups is 2. The summed E-state index contributed by atoms with van der Waals surface area (Å²) in [6, 6.07) is 5.02. The Kier molecular flexibility index (Phi) is 4.86. The van der Waals surface area contributed by atoms with Crippen LogP contribution in [0.15, 0.2) is 23.6 Å². The summed E-state index contributed by atoms with van der Waals surface area (Å²) in [4.78, 5) is 26.4. The van der Waals surface area contributed by atoms with Gasteiger partial charge in [-0.3, -0.25) is 14.9 Å². The summed E-state index contributed by atoms with van der Waals surface area (Å²) >= 11 is 0.894. The molecule has 2 amide bonds. The Labute approximate surface area is 150 Å². The van der Waals surface area contributed by atoms with Gasteiger partial charge in [0.2, 0.25) is 5.91 Å². The molecule has 2 aromatic rings. The molecular formula is C16H14F3N3O3S. The predicted molar refractivity (Wildman–Crippen MR) is 88.9 cm³/mol. The van der Waals surface area contributed by atoms with Crippen molar-refractivity contribution in [3.05, 3.63) is 29.1 Å². The summed E-state index contributed by atoms with van der Waals surface area (Å²) in [7, 11) is 0. The van der Waals surface area contributed by atoms with Gasteiger partial charge in [-0.05, 0) is 18.2 Å². The van der Waals surface area contributed by atoms with Gasteiger partial charge in [0.25, 0.3) is 0 Å². The molecule has 3 rings (SSSR count). The highest BCUT2D eigenvalue weighted by molar-refractivity contribution is 7.14. The van der Waals surface area contributed by atoms with Crippen molar-refractivity contribution in [1.29, 1.82) is 0 Å². The highest BCUT2D eigenvalue weighted by Crippen LogP contribution is 2.36. The van der Waals surface area contributed by atoms with Crippen molar-refractivity contribution in [3.63, 3.8) is 0 Å². The van der Waals surface area contributed by atoms with Crippen LogP contribution in [-0.2, 0) is 9.59 Å². The third kappa shape index (κ3) is 3.96. The number of hydrogen-bond donors (Lipinski definition) is 2. The van der Waals surface area contributed by atoms with Crippen LogP contribution in [0.5, 0.6) is 5.75 Å². The van der Waals surface area contributed by atoms with Gasteiger partial charge in [0.1, 0.15) is 5.75 Å². The largest absolute Gasteiger partial charge is 0.493 e. The lowest BCUT2D eigenvalue weighted by molar-refractivity contribution is -0.167. The molecule has 1 aromatic heterocycles. The van der Waals surface area contributed by atoms with E-state index in [1.807, 2.05) is 0 Å². The summed E-state index contributed by atoms with van der Waals surface area (Å²) in [5.41, 5.74) is 1.84. The molecule has 1 aromatic carbocycles. The monoisotopic (exact) mass is 385 g/mol. The Balaban J connectivity index is 1.85. The lowest BCUT2D eigenvalue weighted by Crippen LogP contribution is -2.30. The highest BCUT2D eigenvalue weighted by atomic mass is 32.1. The number of nitrogens with zero attached hydrogens (tertiary/aromatic N) is 1. The number of anilines is 1. The van der Waals surface area contributed by atoms with Crippen LogP contribution >= 0.6 is 11.3 Å². The van der Waals surface area contributed by atoms with E-state index in [9.17, 15) is 22.8 Å². The molecule has 0 fully saturated rings. The van der Waals surface area contributed by atoms with Gasteiger partial charge in [-0.1, -0.05) is 0 Å². The number of rotatable bonds is 3. The standard InChI is InChI=1S/C16H14F3N3O3S/c1-8(23)20-11-4-5-25-13-3-2-9(6-10(11)13)12-7-26-15(21-12)22-14(24)16(17,18)19/h2-3,6-7,11H,4-5H2,1H3,(H,20,23)(H,21,22,24). The van der Waals surface area contributed by atoms with Gasteiger partial charge in [0.05, 0.1) is 18.3 Å². The fraction of sp³-hybridized carbons (Fsp3) is 0.312. The molecule has 0 spiro atoms. The van der Waals surface area contributed by atoms with Crippen LogP contribution < -0.4 is 15.4 Å². The van der Waals surface area contributed by atoms with E-state index >= 15 is 0 Å². The first kappa shape index (κ1) is 18.2. The first-order valence-corrected chi connectivity index (χ1v) is 8.50. The molecule has 0 bridgehead atoms. The summed E-state index contributed by atoms with van der Waals surface area (Å²) in [5, 5.41) is 5.98. The fourth-order valence-electron chi connectivity index (χ4n) is 2.58. The van der Waals surface area contributed by atoms with E-state index < -0.39 is 12.1 Å². The molecule has 0 radical (unpaired) electrons. The van der Waals surface area contributed by atoms with Gasteiger partial charge in [0.15, 0.2) is 5.13 Å². The van der Waals surface area contributed by atoms with Crippen LogP contribution in [-0.4, -0.2) is 29.6 Å². The average molecular weight is 385 g/mol. The second kappa shape index (κ2) is 6.94. The molecule has 10 heteroatoms. The molecule has 26 heavy (non-hydrogen) atoms. The third-order valence-electron chi connectivity index (χ3n) is 3.70. The van der Waals surface area contributed by atoms with E-state index in [0.717, 1.165) is 16.9 Å². The second-order valence-corrected chi connectivity index (χ2v) is 6.49. The van der Waals surface area contributed by atoms with Crippen molar-refractivity contribution in [2.24, 2.45) is 0 Å². The number of amides is 2. The van der Waals surface area contributed by atoms with E-state index in [4.69, 9.17) is 4.74 Å². The number of thiazole rings is 1. The van der Waals surface area contributed by atoms with Gasteiger partial charge in [0, 0.05) is 29.9 Å². The van der Waals surface area contributed by atoms with E-state index in [2.05, 4.69) is 10.3 Å². The number of nitrogens with one attached hydrogen (secondary N) is 2. The van der Waals surface area contributed by atoms with Gasteiger partial charge in [-0.25, -0.2) is 4.98 Å². The van der Waals surface area contributed by atoms with Crippen molar-refractivity contribution in [2.45, 2.75) is 25.6 Å². The number of ether oxygens (including phenoxy) is 1. The van der Waals surface area contributed by atoms with Crippen molar-refractivity contribution >= 4 is 28.3 Å². The van der Waals surface area contributed by atoms with E-state index in [0.29, 0.717) is 30.0 Å². The Bertz CT molecular complexity index is 851. The van der Waals surface area contributed by atoms with Crippen LogP contribution in [0.1, 0.15) is 24.9 Å². The van der Waals surface area contributed by atoms with Crippen LogP contribution in [0.25, 0.3) is 11.3 Å². The maximum Gasteiger partial charge on any atom is 0.471 e.